The third kappa shape index (κ3) is 3.27. The molecule has 0 saturated carbocycles. The number of aryl methyl sites for hydroxylation is 1. The number of nitrogens with zero attached hydrogens (tertiary/aromatic N) is 3. The number of hydrogen-bond donors (Lipinski definition) is 0. The van der Waals surface area contributed by atoms with E-state index in [9.17, 15) is 4.79 Å². The van der Waals surface area contributed by atoms with Crippen LogP contribution in [0, 0.1) is 0 Å². The van der Waals surface area contributed by atoms with Crippen molar-refractivity contribution in [3.05, 3.63) is 41.3 Å². The van der Waals surface area contributed by atoms with Crippen LogP contribution in [0.1, 0.15) is 36.3 Å². The van der Waals surface area contributed by atoms with Crippen LogP contribution < -0.4 is 0 Å². The predicted molar refractivity (Wildman–Crippen MR) is 87.1 cm³/mol. The Balaban J connectivity index is 1.38. The number of benzene rings is 1. The van der Waals surface area contributed by atoms with Crippen molar-refractivity contribution >= 4 is 17.7 Å². The monoisotopic (exact) mass is 329 g/mol. The van der Waals surface area contributed by atoms with E-state index in [0.717, 1.165) is 32.2 Å². The molecule has 1 saturated heterocycles. The zero-order chi connectivity index (χ0) is 15.6. The largest absolute Gasteiger partial charge is 0.414 e. The van der Waals surface area contributed by atoms with Gasteiger partial charge in [-0.05, 0) is 36.8 Å². The van der Waals surface area contributed by atoms with Crippen molar-refractivity contribution in [2.75, 3.05) is 6.54 Å². The Labute approximate surface area is 139 Å². The van der Waals surface area contributed by atoms with E-state index in [2.05, 4.69) is 34.5 Å². The van der Waals surface area contributed by atoms with E-state index < -0.39 is 0 Å². The first kappa shape index (κ1) is 14.8. The summed E-state index contributed by atoms with van der Waals surface area (Å²) in [6.45, 7) is 1.24. The van der Waals surface area contributed by atoms with Crippen LogP contribution in [0.25, 0.3) is 0 Å². The number of hydrogen-bond acceptors (Lipinski definition) is 5. The van der Waals surface area contributed by atoms with Crippen LogP contribution in [0.2, 0.25) is 0 Å². The van der Waals surface area contributed by atoms with Gasteiger partial charge in [-0.2, -0.15) is 0 Å². The lowest BCUT2D eigenvalue weighted by atomic mass is 9.92. The van der Waals surface area contributed by atoms with Crippen molar-refractivity contribution in [2.45, 2.75) is 49.1 Å². The molecule has 0 radical (unpaired) electrons. The average molecular weight is 329 g/mol. The number of carbonyl (C=O) groups excluding carboxylic acids is 1. The Morgan fingerprint density at radius 3 is 2.91 bits per heavy atom. The maximum Gasteiger partial charge on any atom is 0.276 e. The third-order valence-corrected chi connectivity index (χ3v) is 5.62. The van der Waals surface area contributed by atoms with E-state index in [1.165, 1.54) is 11.1 Å². The summed E-state index contributed by atoms with van der Waals surface area (Å²) in [4.78, 5) is 13.4. The number of aromatic nitrogens is 2. The Morgan fingerprint density at radius 1 is 1.22 bits per heavy atom. The molecule has 1 atom stereocenters. The summed E-state index contributed by atoms with van der Waals surface area (Å²) in [6, 6.07) is 8.63. The normalized spacial score (nSPS) is 20.8. The van der Waals surface area contributed by atoms with E-state index in [-0.39, 0.29) is 5.91 Å². The van der Waals surface area contributed by atoms with E-state index in [1.807, 2.05) is 0 Å². The van der Waals surface area contributed by atoms with E-state index in [1.54, 1.807) is 16.7 Å². The fourth-order valence-electron chi connectivity index (χ4n) is 3.29. The smallest absolute Gasteiger partial charge is 0.276 e. The number of thioether (sulfide) groups is 1. The molecule has 1 aromatic carbocycles. The van der Waals surface area contributed by atoms with Crippen LogP contribution in [-0.2, 0) is 24.2 Å². The fourth-order valence-corrected chi connectivity index (χ4v) is 4.31. The van der Waals surface area contributed by atoms with Crippen molar-refractivity contribution in [2.24, 2.45) is 0 Å². The molecule has 1 aliphatic carbocycles. The van der Waals surface area contributed by atoms with Gasteiger partial charge in [0.25, 0.3) is 5.22 Å². The van der Waals surface area contributed by atoms with Gasteiger partial charge in [0.1, 0.15) is 0 Å². The first-order chi connectivity index (χ1) is 11.3. The molecule has 4 rings (SSSR count). The van der Waals surface area contributed by atoms with E-state index in [0.29, 0.717) is 29.3 Å². The first-order valence-electron chi connectivity index (χ1n) is 8.11. The molecular formula is C17H19N3O2S. The molecule has 0 N–H and O–H groups in total. The highest BCUT2D eigenvalue weighted by molar-refractivity contribution is 7.99. The van der Waals surface area contributed by atoms with Crippen LogP contribution in [0.3, 0.4) is 0 Å². The van der Waals surface area contributed by atoms with Gasteiger partial charge in [-0.1, -0.05) is 36.0 Å². The molecular weight excluding hydrogens is 310 g/mol. The Morgan fingerprint density at radius 2 is 2.09 bits per heavy atom. The molecule has 6 heteroatoms. The van der Waals surface area contributed by atoms with Gasteiger partial charge in [0.2, 0.25) is 11.8 Å². The zero-order valence-corrected chi connectivity index (χ0v) is 13.7. The Bertz CT molecular complexity index is 715. The predicted octanol–water partition coefficient (Wildman–Crippen LogP) is 2.84. The van der Waals surface area contributed by atoms with Crippen LogP contribution in [0.4, 0.5) is 0 Å². The standard InChI is InChI=1S/C17H19N3O2S/c21-16-6-3-9-20(16)11-15-18-19-17(22-15)23-14-8-7-12-4-1-2-5-13(12)10-14/h1-2,4-5,14H,3,6-11H2. The Hall–Kier alpha value is -1.82. The van der Waals surface area contributed by atoms with E-state index >= 15 is 0 Å². The number of likely N-dealkylation sites (tertiary alicyclic amines) is 1. The summed E-state index contributed by atoms with van der Waals surface area (Å²) in [5.41, 5.74) is 2.89. The molecule has 2 heterocycles. The molecule has 1 unspecified atom stereocenters. The minimum Gasteiger partial charge on any atom is -0.414 e. The SMILES string of the molecule is O=C1CCCN1Cc1nnc(SC2CCc3ccccc3C2)o1. The number of rotatable bonds is 4. The summed E-state index contributed by atoms with van der Waals surface area (Å²) < 4.78 is 5.73. The molecule has 2 aliphatic rings. The third-order valence-electron chi connectivity index (χ3n) is 4.51. The van der Waals surface area contributed by atoms with E-state index in [4.69, 9.17) is 4.42 Å². The molecule has 1 fully saturated rings. The van der Waals surface area contributed by atoms with Gasteiger partial charge < -0.3 is 9.32 Å². The fraction of sp³-hybridized carbons (Fsp3) is 0.471. The number of amides is 1. The molecule has 5 nitrogen and oxygen atoms in total. The molecule has 0 spiro atoms. The number of carbonyl (C=O) groups is 1. The number of fused-ring (bicyclic) bond motifs is 1. The molecule has 1 amide bonds. The van der Waals surface area contributed by atoms with Crippen molar-refractivity contribution in [1.82, 2.24) is 15.1 Å². The van der Waals surface area contributed by atoms with Crippen LogP contribution in [0.15, 0.2) is 33.9 Å². The van der Waals surface area contributed by atoms with Gasteiger partial charge >= 0.3 is 0 Å². The summed E-state index contributed by atoms with van der Waals surface area (Å²) in [7, 11) is 0. The molecule has 1 aromatic heterocycles. The highest BCUT2D eigenvalue weighted by Crippen LogP contribution is 2.33. The molecule has 120 valence electrons. The second-order valence-corrected chi connectivity index (χ2v) is 7.38. The highest BCUT2D eigenvalue weighted by Gasteiger charge is 2.24. The lowest BCUT2D eigenvalue weighted by Crippen LogP contribution is -2.23. The van der Waals surface area contributed by atoms with Gasteiger partial charge in [0.05, 0.1) is 6.54 Å². The maximum absolute atomic E-state index is 11.7. The van der Waals surface area contributed by atoms with Crippen LogP contribution in [0.5, 0.6) is 0 Å². The summed E-state index contributed by atoms with van der Waals surface area (Å²) in [5, 5.41) is 9.33. The zero-order valence-electron chi connectivity index (χ0n) is 12.9. The maximum atomic E-state index is 11.7. The minimum absolute atomic E-state index is 0.182. The topological polar surface area (TPSA) is 59.2 Å². The van der Waals surface area contributed by atoms with Crippen molar-refractivity contribution in [3.8, 4) is 0 Å². The highest BCUT2D eigenvalue weighted by atomic mass is 32.2. The van der Waals surface area contributed by atoms with Gasteiger partial charge in [-0.3, -0.25) is 4.79 Å². The lowest BCUT2D eigenvalue weighted by Gasteiger charge is -2.22. The second kappa shape index (κ2) is 6.35. The van der Waals surface area contributed by atoms with Crippen LogP contribution >= 0.6 is 11.8 Å². The summed E-state index contributed by atoms with van der Waals surface area (Å²) in [6.07, 6.45) is 4.84. The van der Waals surface area contributed by atoms with Gasteiger partial charge in [0, 0.05) is 18.2 Å². The minimum atomic E-state index is 0.182. The molecule has 0 bridgehead atoms. The summed E-state index contributed by atoms with van der Waals surface area (Å²) in [5.74, 6) is 0.722. The molecule has 2 aromatic rings. The van der Waals surface area contributed by atoms with Gasteiger partial charge in [0.15, 0.2) is 0 Å². The quantitative estimate of drug-likeness (QED) is 0.863. The average Bonchev–Trinajstić information content (AvgIpc) is 3.17. The second-order valence-electron chi connectivity index (χ2n) is 6.13. The molecule has 1 aliphatic heterocycles. The van der Waals surface area contributed by atoms with Crippen molar-refractivity contribution in [1.29, 1.82) is 0 Å². The first-order valence-corrected chi connectivity index (χ1v) is 8.99. The van der Waals surface area contributed by atoms with Crippen molar-refractivity contribution < 1.29 is 9.21 Å². The van der Waals surface area contributed by atoms with Crippen LogP contribution in [-0.4, -0.2) is 32.8 Å². The van der Waals surface area contributed by atoms with Crippen molar-refractivity contribution in [3.63, 3.8) is 0 Å². The molecule has 23 heavy (non-hydrogen) atoms. The Kier molecular flexibility index (Phi) is 4.08. The summed E-state index contributed by atoms with van der Waals surface area (Å²) >= 11 is 1.66. The van der Waals surface area contributed by atoms with Gasteiger partial charge in [-0.25, -0.2) is 0 Å². The van der Waals surface area contributed by atoms with Gasteiger partial charge in [-0.15, -0.1) is 10.2 Å². The lowest BCUT2D eigenvalue weighted by molar-refractivity contribution is -0.128.